The van der Waals surface area contributed by atoms with Gasteiger partial charge in [0.05, 0.1) is 16.6 Å². The Morgan fingerprint density at radius 3 is 2.78 bits per heavy atom. The van der Waals surface area contributed by atoms with Crippen molar-refractivity contribution >= 4 is 23.2 Å². The van der Waals surface area contributed by atoms with Gasteiger partial charge in [0.15, 0.2) is 0 Å². The molecule has 1 aromatic carbocycles. The molecular formula is C13H16ClN3O. The predicted molar refractivity (Wildman–Crippen MR) is 72.2 cm³/mol. The molecule has 5 heteroatoms. The summed E-state index contributed by atoms with van der Waals surface area (Å²) < 4.78 is 0. The molecular weight excluding hydrogens is 250 g/mol. The van der Waals surface area contributed by atoms with E-state index in [-0.39, 0.29) is 5.91 Å². The van der Waals surface area contributed by atoms with Crippen molar-refractivity contribution in [1.82, 2.24) is 0 Å². The number of nitrogens with one attached hydrogen (secondary N) is 1. The van der Waals surface area contributed by atoms with Crippen LogP contribution in [0.5, 0.6) is 0 Å². The van der Waals surface area contributed by atoms with Gasteiger partial charge in [0.1, 0.15) is 6.07 Å². The van der Waals surface area contributed by atoms with Gasteiger partial charge in [-0.15, -0.1) is 0 Å². The average Bonchev–Trinajstić information content (AvgIpc) is 2.30. The van der Waals surface area contributed by atoms with Gasteiger partial charge in [0.2, 0.25) is 5.91 Å². The highest BCUT2D eigenvalue weighted by Crippen LogP contribution is 2.19. The second-order valence-corrected chi connectivity index (χ2v) is 4.94. The Balaban J connectivity index is 2.74. The van der Waals surface area contributed by atoms with Crippen LogP contribution in [0.1, 0.15) is 25.8 Å². The van der Waals surface area contributed by atoms with Crippen molar-refractivity contribution in [2.45, 2.75) is 26.3 Å². The number of nitrogens with zero attached hydrogens (tertiary/aromatic N) is 1. The number of anilines is 1. The lowest BCUT2D eigenvalue weighted by atomic mass is 10.0. The lowest BCUT2D eigenvalue weighted by Crippen LogP contribution is -2.36. The number of halogens is 1. The lowest BCUT2D eigenvalue weighted by molar-refractivity contribution is -0.117. The summed E-state index contributed by atoms with van der Waals surface area (Å²) in [5.41, 5.74) is 6.62. The summed E-state index contributed by atoms with van der Waals surface area (Å²) in [4.78, 5) is 11.8. The minimum absolute atomic E-state index is 0.255. The van der Waals surface area contributed by atoms with Crippen molar-refractivity contribution in [2.75, 3.05) is 5.32 Å². The van der Waals surface area contributed by atoms with E-state index in [0.717, 1.165) is 0 Å². The SMILES string of the molecule is CC(C)C[C@@H](N)C(=O)Nc1ccc(Cl)c(C#N)c1. The molecule has 0 aliphatic rings. The molecule has 0 heterocycles. The molecule has 4 nitrogen and oxygen atoms in total. The van der Waals surface area contributed by atoms with Gasteiger partial charge in [-0.05, 0) is 30.5 Å². The third kappa shape index (κ3) is 4.02. The molecule has 18 heavy (non-hydrogen) atoms. The summed E-state index contributed by atoms with van der Waals surface area (Å²) in [6.07, 6.45) is 0.616. The molecule has 1 atom stereocenters. The molecule has 3 N–H and O–H groups in total. The molecule has 0 saturated heterocycles. The van der Waals surface area contributed by atoms with Crippen LogP contribution in [0.15, 0.2) is 18.2 Å². The normalized spacial score (nSPS) is 12.0. The predicted octanol–water partition coefficient (Wildman–Crippen LogP) is 2.52. The van der Waals surface area contributed by atoms with E-state index in [4.69, 9.17) is 22.6 Å². The van der Waals surface area contributed by atoms with Crippen LogP contribution >= 0.6 is 11.6 Å². The van der Waals surface area contributed by atoms with E-state index in [0.29, 0.717) is 28.6 Å². The number of benzene rings is 1. The van der Waals surface area contributed by atoms with Gasteiger partial charge in [-0.1, -0.05) is 25.4 Å². The molecule has 0 saturated carbocycles. The highest BCUT2D eigenvalue weighted by Gasteiger charge is 2.15. The minimum Gasteiger partial charge on any atom is -0.325 e. The fourth-order valence-corrected chi connectivity index (χ4v) is 1.70. The van der Waals surface area contributed by atoms with Gasteiger partial charge < -0.3 is 11.1 Å². The Morgan fingerprint density at radius 2 is 2.22 bits per heavy atom. The van der Waals surface area contributed by atoms with E-state index in [2.05, 4.69) is 5.32 Å². The molecule has 0 aliphatic carbocycles. The first kappa shape index (κ1) is 14.5. The quantitative estimate of drug-likeness (QED) is 0.878. The van der Waals surface area contributed by atoms with E-state index >= 15 is 0 Å². The fourth-order valence-electron chi connectivity index (χ4n) is 1.54. The van der Waals surface area contributed by atoms with Crippen molar-refractivity contribution in [1.29, 1.82) is 5.26 Å². The van der Waals surface area contributed by atoms with Gasteiger partial charge >= 0.3 is 0 Å². The zero-order valence-electron chi connectivity index (χ0n) is 10.4. The molecule has 0 unspecified atom stereocenters. The van der Waals surface area contributed by atoms with Crippen molar-refractivity contribution < 1.29 is 4.79 Å². The summed E-state index contributed by atoms with van der Waals surface area (Å²) in [5.74, 6) is 0.0977. The third-order valence-corrected chi connectivity index (χ3v) is 2.75. The molecule has 96 valence electrons. The molecule has 0 spiro atoms. The van der Waals surface area contributed by atoms with Crippen molar-refractivity contribution in [2.24, 2.45) is 11.7 Å². The van der Waals surface area contributed by atoms with E-state index in [9.17, 15) is 4.79 Å². The van der Waals surface area contributed by atoms with E-state index in [1.807, 2.05) is 19.9 Å². The first-order chi connectivity index (χ1) is 8.43. The van der Waals surface area contributed by atoms with Crippen LogP contribution in [0, 0.1) is 17.2 Å². The number of carbonyl (C=O) groups is 1. The van der Waals surface area contributed by atoms with Crippen LogP contribution in [-0.2, 0) is 4.79 Å². The summed E-state index contributed by atoms with van der Waals surface area (Å²) in [7, 11) is 0. The fraction of sp³-hybridized carbons (Fsp3) is 0.385. The molecule has 1 amide bonds. The topological polar surface area (TPSA) is 78.9 Å². The van der Waals surface area contributed by atoms with Crippen LogP contribution in [0.4, 0.5) is 5.69 Å². The number of nitrogens with two attached hydrogens (primary N) is 1. The molecule has 0 fully saturated rings. The van der Waals surface area contributed by atoms with Crippen molar-refractivity contribution in [3.05, 3.63) is 28.8 Å². The van der Waals surface area contributed by atoms with E-state index in [1.54, 1.807) is 12.1 Å². The van der Waals surface area contributed by atoms with Gasteiger partial charge in [-0.25, -0.2) is 0 Å². The summed E-state index contributed by atoms with van der Waals surface area (Å²) in [6.45, 7) is 4.01. The maximum absolute atomic E-state index is 11.8. The Hall–Kier alpha value is -1.57. The number of nitriles is 1. The number of amides is 1. The summed E-state index contributed by atoms with van der Waals surface area (Å²) >= 11 is 5.80. The zero-order chi connectivity index (χ0) is 13.7. The lowest BCUT2D eigenvalue weighted by Gasteiger charge is -2.14. The van der Waals surface area contributed by atoms with Crippen LogP contribution in [0.25, 0.3) is 0 Å². The Morgan fingerprint density at radius 1 is 1.56 bits per heavy atom. The second kappa shape index (κ2) is 6.39. The number of hydrogen-bond donors (Lipinski definition) is 2. The molecule has 0 radical (unpaired) electrons. The number of hydrogen-bond acceptors (Lipinski definition) is 3. The van der Waals surface area contributed by atoms with Gasteiger partial charge in [0.25, 0.3) is 0 Å². The summed E-state index contributed by atoms with van der Waals surface area (Å²) in [6, 6.07) is 6.15. The highest BCUT2D eigenvalue weighted by atomic mass is 35.5. The maximum atomic E-state index is 11.8. The first-order valence-corrected chi connectivity index (χ1v) is 6.08. The second-order valence-electron chi connectivity index (χ2n) is 4.53. The smallest absolute Gasteiger partial charge is 0.241 e. The summed E-state index contributed by atoms with van der Waals surface area (Å²) in [5, 5.41) is 11.9. The first-order valence-electron chi connectivity index (χ1n) is 5.70. The minimum atomic E-state index is -0.550. The largest absolute Gasteiger partial charge is 0.325 e. The number of carbonyl (C=O) groups excluding carboxylic acids is 1. The third-order valence-electron chi connectivity index (χ3n) is 2.42. The average molecular weight is 266 g/mol. The zero-order valence-corrected chi connectivity index (χ0v) is 11.2. The highest BCUT2D eigenvalue weighted by molar-refractivity contribution is 6.31. The maximum Gasteiger partial charge on any atom is 0.241 e. The molecule has 0 bridgehead atoms. The van der Waals surface area contributed by atoms with Gasteiger partial charge in [0, 0.05) is 5.69 Å². The van der Waals surface area contributed by atoms with E-state index in [1.165, 1.54) is 6.07 Å². The van der Waals surface area contributed by atoms with E-state index < -0.39 is 6.04 Å². The molecule has 0 aromatic heterocycles. The van der Waals surface area contributed by atoms with Crippen molar-refractivity contribution in [3.8, 4) is 6.07 Å². The molecule has 0 aliphatic heterocycles. The Labute approximate surface area is 112 Å². The number of rotatable bonds is 4. The standard InChI is InChI=1S/C13H16ClN3O/c1-8(2)5-12(16)13(18)17-10-3-4-11(14)9(6-10)7-15/h3-4,6,8,12H,5,16H2,1-2H3,(H,17,18)/t12-/m1/s1. The monoisotopic (exact) mass is 265 g/mol. The van der Waals surface area contributed by atoms with Crippen LogP contribution in [0.3, 0.4) is 0 Å². The Kier molecular flexibility index (Phi) is 5.14. The molecule has 1 rings (SSSR count). The Bertz CT molecular complexity index is 480. The molecule has 1 aromatic rings. The van der Waals surface area contributed by atoms with Crippen LogP contribution in [-0.4, -0.2) is 11.9 Å². The van der Waals surface area contributed by atoms with Gasteiger partial charge in [-0.2, -0.15) is 5.26 Å². The van der Waals surface area contributed by atoms with Crippen LogP contribution in [0.2, 0.25) is 5.02 Å². The van der Waals surface area contributed by atoms with Crippen LogP contribution < -0.4 is 11.1 Å². The van der Waals surface area contributed by atoms with Gasteiger partial charge in [-0.3, -0.25) is 4.79 Å². The van der Waals surface area contributed by atoms with Crippen molar-refractivity contribution in [3.63, 3.8) is 0 Å².